The Morgan fingerprint density at radius 3 is 2.50 bits per heavy atom. The minimum atomic E-state index is -4.28. The molecule has 1 unspecified atom stereocenters. The van der Waals surface area contributed by atoms with Crippen molar-refractivity contribution in [3.63, 3.8) is 0 Å². The van der Waals surface area contributed by atoms with Crippen molar-refractivity contribution in [3.8, 4) is 0 Å². The van der Waals surface area contributed by atoms with Gasteiger partial charge in [0.05, 0.1) is 5.56 Å². The largest absolute Gasteiger partial charge is 0.416 e. The standard InChI is InChI=1S/C15H20F3NS/c1-10-8-12(15(16,17)18)2-3-13(10)14(19)9-11-4-6-20-7-5-11/h2-3,8,11,14H,4-7,9,19H2,1H3. The first kappa shape index (κ1) is 15.7. The fourth-order valence-electron chi connectivity index (χ4n) is 2.74. The van der Waals surface area contributed by atoms with Crippen molar-refractivity contribution in [2.75, 3.05) is 11.5 Å². The predicted molar refractivity (Wildman–Crippen MR) is 77.8 cm³/mol. The molecule has 0 radical (unpaired) electrons. The van der Waals surface area contributed by atoms with E-state index in [1.54, 1.807) is 13.0 Å². The first-order chi connectivity index (χ1) is 9.38. The van der Waals surface area contributed by atoms with Gasteiger partial charge in [0.1, 0.15) is 0 Å². The average molecular weight is 303 g/mol. The molecule has 0 aromatic heterocycles. The van der Waals surface area contributed by atoms with Gasteiger partial charge in [0.2, 0.25) is 0 Å². The second-order valence-corrected chi connectivity index (χ2v) is 6.69. The summed E-state index contributed by atoms with van der Waals surface area (Å²) < 4.78 is 37.9. The van der Waals surface area contributed by atoms with Gasteiger partial charge in [-0.15, -0.1) is 0 Å². The highest BCUT2D eigenvalue weighted by atomic mass is 32.2. The molecule has 2 N–H and O–H groups in total. The van der Waals surface area contributed by atoms with Crippen molar-refractivity contribution < 1.29 is 13.2 Å². The Morgan fingerprint density at radius 2 is 1.95 bits per heavy atom. The van der Waals surface area contributed by atoms with Crippen LogP contribution >= 0.6 is 11.8 Å². The zero-order chi connectivity index (χ0) is 14.8. The third-order valence-corrected chi connectivity index (χ3v) is 4.97. The second kappa shape index (κ2) is 6.39. The summed E-state index contributed by atoms with van der Waals surface area (Å²) in [6, 6.07) is 3.72. The number of benzene rings is 1. The highest BCUT2D eigenvalue weighted by Gasteiger charge is 2.31. The fraction of sp³-hybridized carbons (Fsp3) is 0.600. The van der Waals surface area contributed by atoms with Crippen molar-refractivity contribution in [1.29, 1.82) is 0 Å². The smallest absolute Gasteiger partial charge is 0.324 e. The van der Waals surface area contributed by atoms with Crippen LogP contribution in [0.15, 0.2) is 18.2 Å². The van der Waals surface area contributed by atoms with E-state index in [0.29, 0.717) is 11.5 Å². The number of alkyl halides is 3. The van der Waals surface area contributed by atoms with Crippen LogP contribution in [0.4, 0.5) is 13.2 Å². The zero-order valence-corrected chi connectivity index (χ0v) is 12.4. The first-order valence-electron chi connectivity index (χ1n) is 6.89. The molecule has 0 aliphatic carbocycles. The van der Waals surface area contributed by atoms with Crippen LogP contribution < -0.4 is 5.73 Å². The normalized spacial score (nSPS) is 19.1. The quantitative estimate of drug-likeness (QED) is 0.886. The Kier molecular flexibility index (Phi) is 5.02. The van der Waals surface area contributed by atoms with Gasteiger partial charge >= 0.3 is 6.18 Å². The van der Waals surface area contributed by atoms with E-state index in [1.807, 2.05) is 11.8 Å². The van der Waals surface area contributed by atoms with Crippen molar-refractivity contribution in [1.82, 2.24) is 0 Å². The molecule has 1 fully saturated rings. The van der Waals surface area contributed by atoms with Crippen LogP contribution in [-0.2, 0) is 6.18 Å². The molecule has 1 aliphatic heterocycles. The number of thioether (sulfide) groups is 1. The van der Waals surface area contributed by atoms with Crippen molar-refractivity contribution in [2.45, 2.75) is 38.4 Å². The Balaban J connectivity index is 2.07. The van der Waals surface area contributed by atoms with E-state index in [1.165, 1.54) is 17.6 Å². The van der Waals surface area contributed by atoms with Gasteiger partial charge in [-0.3, -0.25) is 0 Å². The number of aryl methyl sites for hydroxylation is 1. The van der Waals surface area contributed by atoms with E-state index in [4.69, 9.17) is 5.73 Å². The van der Waals surface area contributed by atoms with Gasteiger partial charge in [-0.2, -0.15) is 24.9 Å². The van der Waals surface area contributed by atoms with Crippen molar-refractivity contribution >= 4 is 11.8 Å². The predicted octanol–water partition coefficient (Wildman–Crippen LogP) is 4.55. The third-order valence-electron chi connectivity index (χ3n) is 3.92. The van der Waals surface area contributed by atoms with Crippen LogP contribution in [0, 0.1) is 12.8 Å². The summed E-state index contributed by atoms with van der Waals surface area (Å²) in [4.78, 5) is 0. The molecule has 112 valence electrons. The van der Waals surface area contributed by atoms with E-state index in [9.17, 15) is 13.2 Å². The molecule has 5 heteroatoms. The number of hydrogen-bond donors (Lipinski definition) is 1. The summed E-state index contributed by atoms with van der Waals surface area (Å²) in [5.74, 6) is 2.94. The highest BCUT2D eigenvalue weighted by Crippen LogP contribution is 2.34. The van der Waals surface area contributed by atoms with Crippen LogP contribution in [0.1, 0.15) is 42.0 Å². The SMILES string of the molecule is Cc1cc(C(F)(F)F)ccc1C(N)CC1CCSCC1. The van der Waals surface area contributed by atoms with E-state index in [2.05, 4.69) is 0 Å². The first-order valence-corrected chi connectivity index (χ1v) is 8.04. The maximum Gasteiger partial charge on any atom is 0.416 e. The van der Waals surface area contributed by atoms with Crippen LogP contribution in [-0.4, -0.2) is 11.5 Å². The molecule has 0 bridgehead atoms. The molecule has 0 spiro atoms. The van der Waals surface area contributed by atoms with Gasteiger partial charge < -0.3 is 5.73 Å². The molecular weight excluding hydrogens is 283 g/mol. The number of nitrogens with two attached hydrogens (primary N) is 1. The molecule has 1 aromatic carbocycles. The maximum atomic E-state index is 12.6. The lowest BCUT2D eigenvalue weighted by molar-refractivity contribution is -0.137. The summed E-state index contributed by atoms with van der Waals surface area (Å²) in [5.41, 5.74) is 7.08. The van der Waals surface area contributed by atoms with Gasteiger partial charge in [-0.25, -0.2) is 0 Å². The van der Waals surface area contributed by atoms with Crippen LogP contribution in [0.2, 0.25) is 0 Å². The van der Waals surface area contributed by atoms with Crippen LogP contribution in [0.3, 0.4) is 0 Å². The molecule has 0 saturated carbocycles. The minimum absolute atomic E-state index is 0.162. The number of hydrogen-bond acceptors (Lipinski definition) is 2. The Morgan fingerprint density at radius 1 is 1.30 bits per heavy atom. The minimum Gasteiger partial charge on any atom is -0.324 e. The Hall–Kier alpha value is -0.680. The van der Waals surface area contributed by atoms with Gasteiger partial charge in [-0.1, -0.05) is 6.07 Å². The molecule has 1 aromatic rings. The zero-order valence-electron chi connectivity index (χ0n) is 11.5. The van der Waals surface area contributed by atoms with Crippen LogP contribution in [0.5, 0.6) is 0 Å². The third kappa shape index (κ3) is 3.92. The van der Waals surface area contributed by atoms with E-state index < -0.39 is 11.7 Å². The molecule has 1 nitrogen and oxygen atoms in total. The van der Waals surface area contributed by atoms with Gasteiger partial charge in [0.15, 0.2) is 0 Å². The molecular formula is C15H20F3NS. The molecule has 1 saturated heterocycles. The van der Waals surface area contributed by atoms with Gasteiger partial charge in [0.25, 0.3) is 0 Å². The maximum absolute atomic E-state index is 12.6. The molecule has 1 aliphatic rings. The summed E-state index contributed by atoms with van der Waals surface area (Å²) in [6.07, 6.45) is -1.09. The highest BCUT2D eigenvalue weighted by molar-refractivity contribution is 7.99. The lowest BCUT2D eigenvalue weighted by Crippen LogP contribution is -2.20. The summed E-state index contributed by atoms with van der Waals surface area (Å²) in [6.45, 7) is 1.71. The lowest BCUT2D eigenvalue weighted by Gasteiger charge is -2.25. The van der Waals surface area contributed by atoms with Gasteiger partial charge in [-0.05, 0) is 66.9 Å². The number of halogens is 3. The summed E-state index contributed by atoms with van der Waals surface area (Å²) in [5, 5.41) is 0. The molecule has 20 heavy (non-hydrogen) atoms. The van der Waals surface area contributed by atoms with Crippen LogP contribution in [0.25, 0.3) is 0 Å². The molecule has 0 amide bonds. The number of rotatable bonds is 3. The lowest BCUT2D eigenvalue weighted by atomic mass is 9.89. The molecule has 1 heterocycles. The van der Waals surface area contributed by atoms with Crippen molar-refractivity contribution in [3.05, 3.63) is 34.9 Å². The molecule has 2 rings (SSSR count). The molecule has 1 atom stereocenters. The van der Waals surface area contributed by atoms with Gasteiger partial charge in [0, 0.05) is 6.04 Å². The van der Waals surface area contributed by atoms with Crippen molar-refractivity contribution in [2.24, 2.45) is 11.7 Å². The van der Waals surface area contributed by atoms with E-state index >= 15 is 0 Å². The fourth-order valence-corrected chi connectivity index (χ4v) is 3.94. The Labute approximate surface area is 122 Å². The summed E-state index contributed by atoms with van der Waals surface area (Å²) >= 11 is 1.96. The summed E-state index contributed by atoms with van der Waals surface area (Å²) in [7, 11) is 0. The second-order valence-electron chi connectivity index (χ2n) is 5.47. The van der Waals surface area contributed by atoms with E-state index in [-0.39, 0.29) is 6.04 Å². The average Bonchev–Trinajstić information content (AvgIpc) is 2.38. The Bertz CT molecular complexity index is 453. The monoisotopic (exact) mass is 303 g/mol. The topological polar surface area (TPSA) is 26.0 Å². The van der Waals surface area contributed by atoms with E-state index in [0.717, 1.165) is 30.9 Å².